The van der Waals surface area contributed by atoms with E-state index in [-0.39, 0.29) is 18.7 Å². The number of nitrogens with zero attached hydrogens (tertiary/aromatic N) is 2. The normalized spacial score (nSPS) is 25.5. The Morgan fingerprint density at radius 3 is 2.93 bits per heavy atom. The zero-order valence-corrected chi connectivity index (χ0v) is 16.4. The maximum Gasteiger partial charge on any atom is 0.266 e. The van der Waals surface area contributed by atoms with Crippen LogP contribution in [-0.4, -0.2) is 55.1 Å². The lowest BCUT2D eigenvalue weighted by atomic mass is 10.0. The second kappa shape index (κ2) is 8.36. The molecule has 0 saturated carbocycles. The number of hydrogen-bond acceptors (Lipinski definition) is 7. The minimum Gasteiger partial charge on any atom is -0.454 e. The number of benzene rings is 1. The summed E-state index contributed by atoms with van der Waals surface area (Å²) in [5, 5.41) is 4.15. The molecule has 3 aliphatic rings. The van der Waals surface area contributed by atoms with Crippen molar-refractivity contribution < 1.29 is 19.1 Å². The molecule has 3 atom stereocenters. The third-order valence-corrected chi connectivity index (χ3v) is 5.42. The average molecular weight is 388 g/mol. The van der Waals surface area contributed by atoms with E-state index in [4.69, 9.17) is 14.3 Å². The predicted octanol–water partition coefficient (Wildman–Crippen LogP) is 1.60. The summed E-state index contributed by atoms with van der Waals surface area (Å²) in [7, 11) is 1.83. The molecule has 0 aromatic heterocycles. The fourth-order valence-corrected chi connectivity index (χ4v) is 3.97. The number of hydrogen-bond donors (Lipinski definition) is 2. The first-order valence-corrected chi connectivity index (χ1v) is 9.98. The SMILES string of the molecule is CCCC1CC(CN(C)C(=O)C2CC(Cc3ccc4c(c3)OCO4)=NO2)NN1. The van der Waals surface area contributed by atoms with Gasteiger partial charge < -0.3 is 19.2 Å². The molecule has 3 unspecified atom stereocenters. The summed E-state index contributed by atoms with van der Waals surface area (Å²) in [5.74, 6) is 1.49. The van der Waals surface area contributed by atoms with Crippen molar-refractivity contribution in [2.75, 3.05) is 20.4 Å². The summed E-state index contributed by atoms with van der Waals surface area (Å²) in [5.41, 5.74) is 8.54. The molecule has 3 heterocycles. The van der Waals surface area contributed by atoms with Gasteiger partial charge in [0.1, 0.15) is 0 Å². The maximum atomic E-state index is 12.7. The summed E-state index contributed by atoms with van der Waals surface area (Å²) in [6, 6.07) is 6.60. The number of hydrazine groups is 1. The molecule has 4 rings (SSSR count). The molecule has 0 bridgehead atoms. The second-order valence-electron chi connectivity index (χ2n) is 7.75. The van der Waals surface area contributed by atoms with Crippen molar-refractivity contribution in [2.24, 2.45) is 5.16 Å². The van der Waals surface area contributed by atoms with E-state index in [1.807, 2.05) is 25.2 Å². The van der Waals surface area contributed by atoms with Crippen molar-refractivity contribution in [3.8, 4) is 11.5 Å². The first-order chi connectivity index (χ1) is 13.6. The van der Waals surface area contributed by atoms with Crippen LogP contribution in [0, 0.1) is 0 Å². The van der Waals surface area contributed by atoms with Gasteiger partial charge in [0.25, 0.3) is 5.91 Å². The topological polar surface area (TPSA) is 84.4 Å². The van der Waals surface area contributed by atoms with Crippen LogP contribution in [0.5, 0.6) is 11.5 Å². The molecular formula is C20H28N4O4. The van der Waals surface area contributed by atoms with Crippen LogP contribution in [-0.2, 0) is 16.1 Å². The van der Waals surface area contributed by atoms with Crippen LogP contribution in [0.15, 0.2) is 23.4 Å². The van der Waals surface area contributed by atoms with E-state index < -0.39 is 6.10 Å². The zero-order valence-electron chi connectivity index (χ0n) is 16.4. The monoisotopic (exact) mass is 388 g/mol. The van der Waals surface area contributed by atoms with Crippen LogP contribution in [0.25, 0.3) is 0 Å². The number of likely N-dealkylation sites (N-methyl/N-ethyl adjacent to an activating group) is 1. The smallest absolute Gasteiger partial charge is 0.266 e. The average Bonchev–Trinajstić information content (AvgIpc) is 3.42. The third kappa shape index (κ3) is 4.23. The van der Waals surface area contributed by atoms with Crippen molar-refractivity contribution in [2.45, 2.75) is 57.2 Å². The van der Waals surface area contributed by atoms with Crippen molar-refractivity contribution in [1.82, 2.24) is 15.8 Å². The first kappa shape index (κ1) is 19.0. The molecule has 152 valence electrons. The largest absolute Gasteiger partial charge is 0.454 e. The number of fused-ring (bicyclic) bond motifs is 1. The summed E-state index contributed by atoms with van der Waals surface area (Å²) in [6.45, 7) is 3.10. The van der Waals surface area contributed by atoms with Crippen LogP contribution in [0.1, 0.15) is 38.2 Å². The number of ether oxygens (including phenoxy) is 2. The van der Waals surface area contributed by atoms with Crippen LogP contribution >= 0.6 is 0 Å². The Balaban J connectivity index is 1.25. The van der Waals surface area contributed by atoms with Crippen molar-refractivity contribution in [1.29, 1.82) is 0 Å². The molecule has 8 nitrogen and oxygen atoms in total. The minimum absolute atomic E-state index is 0.0230. The van der Waals surface area contributed by atoms with Crippen LogP contribution < -0.4 is 20.3 Å². The van der Waals surface area contributed by atoms with E-state index in [0.717, 1.165) is 42.0 Å². The summed E-state index contributed by atoms with van der Waals surface area (Å²) in [4.78, 5) is 19.9. The van der Waals surface area contributed by atoms with Crippen LogP contribution in [0.3, 0.4) is 0 Å². The summed E-state index contributed by atoms with van der Waals surface area (Å²) >= 11 is 0. The molecule has 1 fully saturated rings. The highest BCUT2D eigenvalue weighted by molar-refractivity contribution is 5.94. The molecule has 1 aromatic rings. The Hall–Kier alpha value is -2.32. The van der Waals surface area contributed by atoms with E-state index in [1.54, 1.807) is 4.90 Å². The lowest BCUT2D eigenvalue weighted by Gasteiger charge is -2.23. The Morgan fingerprint density at radius 1 is 1.25 bits per heavy atom. The number of nitrogens with one attached hydrogen (secondary N) is 2. The Morgan fingerprint density at radius 2 is 2.07 bits per heavy atom. The number of rotatable bonds is 7. The van der Waals surface area contributed by atoms with Gasteiger partial charge in [0, 0.05) is 38.5 Å². The van der Waals surface area contributed by atoms with Gasteiger partial charge in [-0.15, -0.1) is 0 Å². The fourth-order valence-electron chi connectivity index (χ4n) is 3.97. The quantitative estimate of drug-likeness (QED) is 0.738. The lowest BCUT2D eigenvalue weighted by molar-refractivity contribution is -0.141. The molecule has 1 amide bonds. The molecule has 0 radical (unpaired) electrons. The fraction of sp³-hybridized carbons (Fsp3) is 0.600. The van der Waals surface area contributed by atoms with Crippen LogP contribution in [0.4, 0.5) is 0 Å². The van der Waals surface area contributed by atoms with Gasteiger partial charge in [-0.1, -0.05) is 24.6 Å². The van der Waals surface area contributed by atoms with Gasteiger partial charge in [-0.2, -0.15) is 0 Å². The van der Waals surface area contributed by atoms with Crippen molar-refractivity contribution in [3.05, 3.63) is 23.8 Å². The molecule has 0 spiro atoms. The molecule has 2 N–H and O–H groups in total. The van der Waals surface area contributed by atoms with Crippen molar-refractivity contribution in [3.63, 3.8) is 0 Å². The molecule has 1 saturated heterocycles. The molecule has 8 heteroatoms. The molecule has 0 aliphatic carbocycles. The van der Waals surface area contributed by atoms with Gasteiger partial charge >= 0.3 is 0 Å². The first-order valence-electron chi connectivity index (χ1n) is 9.98. The lowest BCUT2D eigenvalue weighted by Crippen LogP contribution is -2.44. The highest BCUT2D eigenvalue weighted by Crippen LogP contribution is 2.33. The second-order valence-corrected chi connectivity index (χ2v) is 7.75. The van der Waals surface area contributed by atoms with E-state index in [9.17, 15) is 4.79 Å². The van der Waals surface area contributed by atoms with E-state index in [1.165, 1.54) is 0 Å². The van der Waals surface area contributed by atoms with Crippen LogP contribution in [0.2, 0.25) is 0 Å². The van der Waals surface area contributed by atoms with E-state index >= 15 is 0 Å². The Labute approximate surface area is 165 Å². The van der Waals surface area contributed by atoms with Gasteiger partial charge in [-0.25, -0.2) is 0 Å². The molecule has 1 aromatic carbocycles. The highest BCUT2D eigenvalue weighted by atomic mass is 16.7. The zero-order chi connectivity index (χ0) is 19.5. The Bertz CT molecular complexity index is 754. The van der Waals surface area contributed by atoms with Gasteiger partial charge in [0.2, 0.25) is 12.9 Å². The van der Waals surface area contributed by atoms with Gasteiger partial charge in [-0.3, -0.25) is 15.6 Å². The summed E-state index contributed by atoms with van der Waals surface area (Å²) in [6.07, 6.45) is 3.95. The van der Waals surface area contributed by atoms with Gasteiger partial charge in [-0.05, 0) is 30.5 Å². The van der Waals surface area contributed by atoms with Gasteiger partial charge in [0.15, 0.2) is 11.5 Å². The Kier molecular flexibility index (Phi) is 5.68. The standard InChI is InChI=1S/C20H28N4O4/c1-3-4-14-9-16(22-21-14)11-24(2)20(25)19-10-15(23-28-19)7-13-5-6-17-18(8-13)27-12-26-17/h5-6,8,14,16,19,21-22H,3-4,7,9-12H2,1-2H3. The van der Waals surface area contributed by atoms with E-state index in [2.05, 4.69) is 22.9 Å². The number of carbonyl (C=O) groups is 1. The minimum atomic E-state index is -0.533. The molecule has 3 aliphatic heterocycles. The third-order valence-electron chi connectivity index (χ3n) is 5.42. The predicted molar refractivity (Wildman–Crippen MR) is 104 cm³/mol. The molecule has 28 heavy (non-hydrogen) atoms. The highest BCUT2D eigenvalue weighted by Gasteiger charge is 2.33. The summed E-state index contributed by atoms with van der Waals surface area (Å²) < 4.78 is 10.8. The number of carbonyl (C=O) groups excluding carboxylic acids is 1. The number of amides is 1. The maximum absolute atomic E-state index is 12.7. The van der Waals surface area contributed by atoms with Crippen molar-refractivity contribution >= 4 is 11.6 Å². The van der Waals surface area contributed by atoms with Gasteiger partial charge in [0.05, 0.1) is 5.71 Å². The molecular weight excluding hydrogens is 360 g/mol. The number of oxime groups is 1. The van der Waals surface area contributed by atoms with E-state index in [0.29, 0.717) is 25.4 Å².